The van der Waals surface area contributed by atoms with Gasteiger partial charge in [-0.05, 0) is 74.4 Å². The molecule has 3 aromatic heterocycles. The van der Waals surface area contributed by atoms with Gasteiger partial charge in [-0.1, -0.05) is 35.9 Å². The molecule has 14 heteroatoms. The summed E-state index contributed by atoms with van der Waals surface area (Å²) in [6.45, 7) is 1.79. The number of ether oxygens (including phenoxy) is 3. The number of nitrogens with zero attached hydrogens (tertiary/aromatic N) is 4. The highest BCUT2D eigenvalue weighted by atomic mass is 32.2. The second-order valence-corrected chi connectivity index (χ2v) is 13.6. The zero-order valence-corrected chi connectivity index (χ0v) is 29.6. The quantitative estimate of drug-likeness (QED) is 0.144. The number of aromatic nitrogens is 3. The molecule has 0 atom stereocenters. The van der Waals surface area contributed by atoms with Gasteiger partial charge in [-0.2, -0.15) is 8.42 Å². The van der Waals surface area contributed by atoms with E-state index in [9.17, 15) is 22.8 Å². The number of hydroxylamine groups is 1. The van der Waals surface area contributed by atoms with Crippen molar-refractivity contribution in [1.29, 1.82) is 0 Å². The molecule has 1 aliphatic carbocycles. The number of pyridine rings is 3. The molecule has 53 heavy (non-hydrogen) atoms. The van der Waals surface area contributed by atoms with E-state index in [0.29, 0.717) is 57.4 Å². The molecular formula is C39H32N4O9S. The van der Waals surface area contributed by atoms with E-state index in [-0.39, 0.29) is 34.2 Å². The Bertz CT molecular complexity index is 2540. The van der Waals surface area contributed by atoms with Gasteiger partial charge in [0.25, 0.3) is 11.5 Å². The van der Waals surface area contributed by atoms with E-state index in [2.05, 4.69) is 9.97 Å². The van der Waals surface area contributed by atoms with Crippen molar-refractivity contribution in [2.24, 2.45) is 0 Å². The topological polar surface area (TPSA) is 156 Å². The highest BCUT2D eigenvalue weighted by molar-refractivity contribution is 7.86. The number of fused-ring (bicyclic) bond motifs is 2. The van der Waals surface area contributed by atoms with Crippen molar-refractivity contribution in [3.05, 3.63) is 136 Å². The molecule has 0 spiro atoms. The third-order valence-corrected chi connectivity index (χ3v) is 9.89. The average molecular weight is 733 g/mol. The van der Waals surface area contributed by atoms with Crippen LogP contribution in [0.2, 0.25) is 0 Å². The molecule has 0 aliphatic heterocycles. The van der Waals surface area contributed by atoms with Gasteiger partial charge in [0.05, 0.1) is 30.8 Å². The molecule has 0 N–H and O–H groups in total. The highest BCUT2D eigenvalue weighted by Crippen LogP contribution is 2.37. The third kappa shape index (κ3) is 6.84. The third-order valence-electron chi connectivity index (χ3n) is 8.70. The molecule has 6 aromatic rings. The van der Waals surface area contributed by atoms with Crippen LogP contribution < -0.4 is 24.8 Å². The molecule has 0 saturated carbocycles. The Balaban J connectivity index is 1.31. The Morgan fingerprint density at radius 2 is 1.57 bits per heavy atom. The number of para-hydroxylation sites is 1. The lowest BCUT2D eigenvalue weighted by Crippen LogP contribution is -2.40. The molecule has 0 fully saturated rings. The monoisotopic (exact) mass is 732 g/mol. The summed E-state index contributed by atoms with van der Waals surface area (Å²) < 4.78 is 51.0. The summed E-state index contributed by atoms with van der Waals surface area (Å²) in [5.74, 6) is -0.114. The van der Waals surface area contributed by atoms with E-state index < -0.39 is 27.1 Å². The summed E-state index contributed by atoms with van der Waals surface area (Å²) in [6, 6.07) is 23.5. The van der Waals surface area contributed by atoms with E-state index in [1.807, 2.05) is 0 Å². The molecule has 268 valence electrons. The van der Waals surface area contributed by atoms with Gasteiger partial charge in [-0.15, -0.1) is 9.35 Å². The summed E-state index contributed by atoms with van der Waals surface area (Å²) in [7, 11) is -1.62. The summed E-state index contributed by atoms with van der Waals surface area (Å²) in [5, 5.41) is 1.04. The number of ketones is 1. The highest BCUT2D eigenvalue weighted by Gasteiger charge is 2.33. The summed E-state index contributed by atoms with van der Waals surface area (Å²) in [4.78, 5) is 50.3. The normalized spacial score (nSPS) is 12.6. The minimum atomic E-state index is -4.65. The van der Waals surface area contributed by atoms with Crippen LogP contribution in [0.3, 0.4) is 0 Å². The number of benzene rings is 3. The molecule has 1 aliphatic rings. The SMILES string of the molecule is COc1cc2nccc(Oc3ccc(N(OS(=O)(=O)c4ccc(C)cc4)C(=O)c4cc5c(n(-c6ccccc6)c4=O)CCCC5=O)nc3)c2cc1OC. The smallest absolute Gasteiger partial charge is 0.318 e. The van der Waals surface area contributed by atoms with Crippen LogP contribution in [0.1, 0.15) is 44.8 Å². The number of Topliss-reactive ketones (excluding diaryl/α,β-unsaturated/α-hetero) is 1. The van der Waals surface area contributed by atoms with Gasteiger partial charge in [0.15, 0.2) is 23.1 Å². The van der Waals surface area contributed by atoms with Crippen LogP contribution in [-0.4, -0.2) is 48.9 Å². The standard InChI is InChI=1S/C39H32N4O9S/c1-24-12-15-27(16-13-24)53(47,48)52-43(39(46)30-20-29-32(10-7-11-33(29)44)42(38(30)45)25-8-5-4-6-9-25)37-17-14-26(23-41-37)51-34-18-19-40-31-22-36(50-3)35(49-2)21-28(31)34/h4-6,8-9,12-23H,7,10-11H2,1-3H3. The molecule has 3 heterocycles. The molecular weight excluding hydrogens is 701 g/mol. The number of aryl methyl sites for hydroxylation is 1. The van der Waals surface area contributed by atoms with Crippen LogP contribution in [0.15, 0.2) is 113 Å². The number of carbonyl (C=O) groups is 2. The van der Waals surface area contributed by atoms with Gasteiger partial charge in [-0.25, -0.2) is 4.98 Å². The first-order valence-electron chi connectivity index (χ1n) is 16.5. The van der Waals surface area contributed by atoms with Crippen molar-refractivity contribution in [2.45, 2.75) is 31.1 Å². The first-order valence-corrected chi connectivity index (χ1v) is 17.9. The Kier molecular flexibility index (Phi) is 9.47. The lowest BCUT2D eigenvalue weighted by atomic mass is 9.92. The van der Waals surface area contributed by atoms with Gasteiger partial charge in [0, 0.05) is 41.0 Å². The minimum absolute atomic E-state index is 0.194. The van der Waals surface area contributed by atoms with Crippen LogP contribution in [0.25, 0.3) is 16.6 Å². The van der Waals surface area contributed by atoms with Gasteiger partial charge in [-0.3, -0.25) is 23.9 Å². The Hall–Kier alpha value is -6.38. The molecule has 0 saturated heterocycles. The predicted octanol–water partition coefficient (Wildman–Crippen LogP) is 6.38. The van der Waals surface area contributed by atoms with Crippen LogP contribution >= 0.6 is 0 Å². The van der Waals surface area contributed by atoms with Gasteiger partial charge >= 0.3 is 10.1 Å². The number of carbonyl (C=O) groups excluding carboxylic acids is 2. The van der Waals surface area contributed by atoms with Crippen molar-refractivity contribution in [1.82, 2.24) is 14.5 Å². The number of methoxy groups -OCH3 is 2. The number of hydrogen-bond donors (Lipinski definition) is 0. The van der Waals surface area contributed by atoms with Crippen molar-refractivity contribution in [3.8, 4) is 28.7 Å². The number of amides is 1. The predicted molar refractivity (Wildman–Crippen MR) is 195 cm³/mol. The van der Waals surface area contributed by atoms with Crippen LogP contribution in [0.4, 0.5) is 5.82 Å². The zero-order valence-electron chi connectivity index (χ0n) is 28.8. The Labute approximate surface area is 304 Å². The van der Waals surface area contributed by atoms with Crippen molar-refractivity contribution >= 4 is 38.5 Å². The van der Waals surface area contributed by atoms with Crippen molar-refractivity contribution in [2.75, 3.05) is 19.3 Å². The first kappa shape index (κ1) is 35.0. The van der Waals surface area contributed by atoms with E-state index in [4.69, 9.17) is 18.5 Å². The lowest BCUT2D eigenvalue weighted by Gasteiger charge is -2.24. The van der Waals surface area contributed by atoms with Crippen molar-refractivity contribution < 1.29 is 36.5 Å². The fourth-order valence-electron chi connectivity index (χ4n) is 6.04. The number of rotatable bonds is 10. The second kappa shape index (κ2) is 14.3. The minimum Gasteiger partial charge on any atom is -0.493 e. The Morgan fingerprint density at radius 1 is 0.830 bits per heavy atom. The summed E-state index contributed by atoms with van der Waals surface area (Å²) >= 11 is 0. The number of hydrogen-bond acceptors (Lipinski definition) is 11. The van der Waals surface area contributed by atoms with Gasteiger partial charge in [0.1, 0.15) is 17.1 Å². The molecule has 7 rings (SSSR count). The summed E-state index contributed by atoms with van der Waals surface area (Å²) in [5.41, 5.74) is 1.23. The van der Waals surface area contributed by atoms with Crippen LogP contribution in [0, 0.1) is 6.92 Å². The lowest BCUT2D eigenvalue weighted by molar-refractivity contribution is 0.0880. The fraction of sp³-hybridized carbons (Fsp3) is 0.154. The molecule has 13 nitrogen and oxygen atoms in total. The zero-order chi connectivity index (χ0) is 37.3. The van der Waals surface area contributed by atoms with Gasteiger partial charge in [0.2, 0.25) is 0 Å². The summed E-state index contributed by atoms with van der Waals surface area (Å²) in [6.07, 6.45) is 4.01. The van der Waals surface area contributed by atoms with E-state index in [0.717, 1.165) is 5.56 Å². The molecule has 1 amide bonds. The van der Waals surface area contributed by atoms with Crippen molar-refractivity contribution in [3.63, 3.8) is 0 Å². The molecule has 0 radical (unpaired) electrons. The first-order chi connectivity index (χ1) is 25.6. The largest absolute Gasteiger partial charge is 0.493 e. The fourth-order valence-corrected chi connectivity index (χ4v) is 6.94. The second-order valence-electron chi connectivity index (χ2n) is 12.1. The molecule has 0 bridgehead atoms. The Morgan fingerprint density at radius 3 is 2.26 bits per heavy atom. The molecule has 3 aromatic carbocycles. The maximum atomic E-state index is 14.5. The number of anilines is 1. The maximum absolute atomic E-state index is 14.5. The van der Waals surface area contributed by atoms with Crippen LogP contribution in [0.5, 0.6) is 23.0 Å². The van der Waals surface area contributed by atoms with Crippen LogP contribution in [-0.2, 0) is 20.8 Å². The average Bonchev–Trinajstić information content (AvgIpc) is 3.17. The van der Waals surface area contributed by atoms with E-state index in [1.54, 1.807) is 73.8 Å². The van der Waals surface area contributed by atoms with E-state index in [1.165, 1.54) is 55.3 Å². The molecule has 0 unspecified atom stereocenters. The maximum Gasteiger partial charge on any atom is 0.318 e. The van der Waals surface area contributed by atoms with Gasteiger partial charge < -0.3 is 14.2 Å². The van der Waals surface area contributed by atoms with E-state index >= 15 is 0 Å².